The Morgan fingerprint density at radius 2 is 1.29 bits per heavy atom. The number of hydrogen-bond donors (Lipinski definition) is 1. The van der Waals surface area contributed by atoms with Gasteiger partial charge in [-0.15, -0.1) is 0 Å². The Labute approximate surface area is 242 Å². The molecule has 171 valence electrons. The molecule has 34 heavy (non-hydrogen) atoms. The first-order chi connectivity index (χ1) is 15.2. The first-order valence-corrected chi connectivity index (χ1v) is 11.5. The molecule has 0 aliphatic rings. The van der Waals surface area contributed by atoms with Crippen molar-refractivity contribution in [3.8, 4) is 22.5 Å². The van der Waals surface area contributed by atoms with Gasteiger partial charge in [-0.3, -0.25) is 4.79 Å². The van der Waals surface area contributed by atoms with Crippen molar-refractivity contribution in [2.45, 2.75) is 20.0 Å². The van der Waals surface area contributed by atoms with Gasteiger partial charge in [-0.1, -0.05) is 56.1 Å². The van der Waals surface area contributed by atoms with Crippen LogP contribution in [0.25, 0.3) is 22.5 Å². The van der Waals surface area contributed by atoms with Gasteiger partial charge in [-0.2, -0.15) is 0 Å². The third-order valence-corrected chi connectivity index (χ3v) is 5.81. The summed E-state index contributed by atoms with van der Waals surface area (Å²) >= 11 is 6.78. The SMILES string of the molecule is CC(=O)c1nc(-c2ccc(Br)cc2)cn1C.CC(O)c1nc(-c2ccc(Br)cc2)cn1C.[B].[H-].[Na+]. The molecule has 1 N–H and O–H groups in total. The molecule has 10 heteroatoms. The van der Waals surface area contributed by atoms with Crippen LogP contribution in [-0.2, 0) is 14.1 Å². The van der Waals surface area contributed by atoms with Gasteiger partial charge in [-0.05, 0) is 31.2 Å². The second kappa shape index (κ2) is 13.6. The van der Waals surface area contributed by atoms with Gasteiger partial charge in [0.2, 0.25) is 0 Å². The number of benzene rings is 2. The third kappa shape index (κ3) is 7.76. The molecule has 4 rings (SSSR count). The topological polar surface area (TPSA) is 72.9 Å². The normalized spacial score (nSPS) is 10.9. The number of carbonyl (C=O) groups excluding carboxylic acids is 1. The number of aryl methyl sites for hydroxylation is 2. The zero-order valence-electron chi connectivity index (χ0n) is 20.8. The summed E-state index contributed by atoms with van der Waals surface area (Å²) in [5.41, 5.74) is 3.75. The molecule has 1 atom stereocenters. The van der Waals surface area contributed by atoms with Crippen LogP contribution in [0.1, 0.15) is 37.8 Å². The number of hydrogen-bond acceptors (Lipinski definition) is 4. The smallest absolute Gasteiger partial charge is 1.00 e. The molecular formula is C24H25BBr2N4NaO2. The van der Waals surface area contributed by atoms with Gasteiger partial charge in [-0.25, -0.2) is 9.97 Å². The van der Waals surface area contributed by atoms with Crippen molar-refractivity contribution in [1.82, 2.24) is 19.1 Å². The molecule has 0 bridgehead atoms. The largest absolute Gasteiger partial charge is 1.00 e. The van der Waals surface area contributed by atoms with E-state index >= 15 is 0 Å². The fourth-order valence-corrected chi connectivity index (χ4v) is 3.71. The number of aromatic nitrogens is 4. The van der Waals surface area contributed by atoms with E-state index in [-0.39, 0.29) is 45.2 Å². The van der Waals surface area contributed by atoms with E-state index in [1.165, 1.54) is 6.92 Å². The second-order valence-electron chi connectivity index (χ2n) is 7.40. The number of imidazole rings is 2. The third-order valence-electron chi connectivity index (χ3n) is 4.76. The molecule has 0 saturated heterocycles. The van der Waals surface area contributed by atoms with Gasteiger partial charge >= 0.3 is 29.6 Å². The predicted molar refractivity (Wildman–Crippen MR) is 140 cm³/mol. The minimum absolute atomic E-state index is 0. The van der Waals surface area contributed by atoms with Crippen LogP contribution in [0.5, 0.6) is 0 Å². The number of rotatable bonds is 4. The first kappa shape index (κ1) is 30.5. The Morgan fingerprint density at radius 3 is 1.65 bits per heavy atom. The number of halogens is 2. The fourth-order valence-electron chi connectivity index (χ4n) is 3.18. The van der Waals surface area contributed by atoms with E-state index in [1.807, 2.05) is 79.6 Å². The van der Waals surface area contributed by atoms with Crippen LogP contribution in [-0.4, -0.2) is 38.4 Å². The van der Waals surface area contributed by atoms with Crippen LogP contribution < -0.4 is 29.6 Å². The van der Waals surface area contributed by atoms with E-state index in [4.69, 9.17) is 0 Å². The average molecular weight is 595 g/mol. The van der Waals surface area contributed by atoms with Crippen LogP contribution in [0.2, 0.25) is 0 Å². The fraction of sp³-hybridized carbons (Fsp3) is 0.208. The molecular weight excluding hydrogens is 570 g/mol. The summed E-state index contributed by atoms with van der Waals surface area (Å²) in [6.45, 7) is 3.24. The van der Waals surface area contributed by atoms with E-state index in [0.29, 0.717) is 11.6 Å². The van der Waals surface area contributed by atoms with Crippen LogP contribution in [0.15, 0.2) is 69.9 Å². The minimum Gasteiger partial charge on any atom is -1.00 e. The molecule has 2 aromatic heterocycles. The maximum atomic E-state index is 11.3. The van der Waals surface area contributed by atoms with Gasteiger partial charge in [0.15, 0.2) is 11.6 Å². The standard InChI is InChI=1S/C12H13BrN2O.C12H11BrN2O.B.Na.H/c2*1-8(16)12-14-11(7-15(12)2)9-3-5-10(13)6-4-9;;;/h3-8,16H,1-2H3;3-7H,1-2H3;;;/q;;;+1;-1. The molecule has 0 fully saturated rings. The minimum atomic E-state index is -0.547. The van der Waals surface area contributed by atoms with Gasteiger partial charge in [0.05, 0.1) is 11.4 Å². The Hall–Kier alpha value is -1.49. The molecule has 2 heterocycles. The summed E-state index contributed by atoms with van der Waals surface area (Å²) in [5.74, 6) is 1.14. The molecule has 6 nitrogen and oxygen atoms in total. The van der Waals surface area contributed by atoms with Gasteiger partial charge in [0, 0.05) is 61.9 Å². The molecule has 2 aromatic carbocycles. The van der Waals surface area contributed by atoms with Crippen molar-refractivity contribution in [2.24, 2.45) is 14.1 Å². The van der Waals surface area contributed by atoms with Crippen LogP contribution in [0, 0.1) is 0 Å². The second-order valence-corrected chi connectivity index (χ2v) is 9.23. The zero-order chi connectivity index (χ0) is 23.4. The Bertz CT molecular complexity index is 1230. The van der Waals surface area contributed by atoms with Crippen molar-refractivity contribution < 1.29 is 40.9 Å². The maximum absolute atomic E-state index is 11.3. The zero-order valence-corrected chi connectivity index (χ0v) is 25.0. The number of aliphatic hydroxyl groups excluding tert-OH is 1. The van der Waals surface area contributed by atoms with Crippen molar-refractivity contribution in [3.05, 3.63) is 81.5 Å². The summed E-state index contributed by atoms with van der Waals surface area (Å²) in [4.78, 5) is 20.0. The molecule has 0 amide bonds. The van der Waals surface area contributed by atoms with Crippen molar-refractivity contribution >= 4 is 46.1 Å². The van der Waals surface area contributed by atoms with E-state index in [2.05, 4.69) is 41.8 Å². The monoisotopic (exact) mass is 593 g/mol. The van der Waals surface area contributed by atoms with E-state index in [1.54, 1.807) is 11.5 Å². The number of carbonyl (C=O) groups is 1. The summed E-state index contributed by atoms with van der Waals surface area (Å²) < 4.78 is 5.67. The number of nitrogens with zero attached hydrogens (tertiary/aromatic N) is 4. The predicted octanol–water partition coefficient (Wildman–Crippen LogP) is 2.69. The van der Waals surface area contributed by atoms with Crippen LogP contribution in [0.3, 0.4) is 0 Å². The number of Topliss-reactive ketones (excluding diaryl/α,β-unsaturated/α-hetero) is 1. The first-order valence-electron chi connectivity index (χ1n) is 9.93. The van der Waals surface area contributed by atoms with E-state index in [0.717, 1.165) is 31.5 Å². The van der Waals surface area contributed by atoms with Gasteiger partial charge < -0.3 is 15.7 Å². The average Bonchev–Trinajstić information content (AvgIpc) is 3.33. The van der Waals surface area contributed by atoms with Crippen LogP contribution in [0.4, 0.5) is 0 Å². The summed E-state index contributed by atoms with van der Waals surface area (Å²) in [7, 11) is 3.71. The molecule has 0 spiro atoms. The number of ketones is 1. The molecule has 1 unspecified atom stereocenters. The van der Waals surface area contributed by atoms with Gasteiger partial charge in [0.25, 0.3) is 0 Å². The summed E-state index contributed by atoms with van der Waals surface area (Å²) in [5, 5.41) is 9.52. The Kier molecular flexibility index (Phi) is 12.2. The van der Waals surface area contributed by atoms with Crippen molar-refractivity contribution in [3.63, 3.8) is 0 Å². The number of aliphatic hydroxyl groups is 1. The Balaban J connectivity index is 0.000000608. The molecule has 0 saturated carbocycles. The molecule has 0 aliphatic heterocycles. The summed E-state index contributed by atoms with van der Waals surface area (Å²) in [6.07, 6.45) is 3.24. The maximum Gasteiger partial charge on any atom is 1.00 e. The van der Waals surface area contributed by atoms with Crippen molar-refractivity contribution in [1.29, 1.82) is 0 Å². The molecule has 3 radical (unpaired) electrons. The van der Waals surface area contributed by atoms with Crippen LogP contribution >= 0.6 is 31.9 Å². The van der Waals surface area contributed by atoms with Crippen molar-refractivity contribution in [2.75, 3.05) is 0 Å². The van der Waals surface area contributed by atoms with E-state index in [9.17, 15) is 9.90 Å². The molecule has 4 aromatic rings. The summed E-state index contributed by atoms with van der Waals surface area (Å²) in [6, 6.07) is 15.8. The Morgan fingerprint density at radius 1 is 0.882 bits per heavy atom. The molecule has 0 aliphatic carbocycles. The van der Waals surface area contributed by atoms with Gasteiger partial charge in [0.1, 0.15) is 11.9 Å². The van der Waals surface area contributed by atoms with E-state index < -0.39 is 6.10 Å². The quantitative estimate of drug-likeness (QED) is 0.291.